The molecular formula is C27H35N3. The lowest BCUT2D eigenvalue weighted by atomic mass is 9.81. The van der Waals surface area contributed by atoms with Crippen LogP contribution in [0.2, 0.25) is 0 Å². The van der Waals surface area contributed by atoms with Gasteiger partial charge in [0.1, 0.15) is 0 Å². The second kappa shape index (κ2) is 9.07. The predicted molar refractivity (Wildman–Crippen MR) is 130 cm³/mol. The van der Waals surface area contributed by atoms with Crippen LogP contribution in [0.5, 0.6) is 0 Å². The van der Waals surface area contributed by atoms with E-state index in [1.807, 2.05) is 12.1 Å². The Bertz CT molecular complexity index is 869. The minimum absolute atomic E-state index is 0.194. The number of pyridine rings is 1. The first-order chi connectivity index (χ1) is 14.3. The number of rotatable bonds is 6. The Morgan fingerprint density at radius 2 is 1.20 bits per heavy atom. The molecule has 0 N–H and O–H groups in total. The molecule has 0 spiro atoms. The first-order valence-corrected chi connectivity index (χ1v) is 11.1. The van der Waals surface area contributed by atoms with Crippen LogP contribution >= 0.6 is 0 Å². The molecule has 30 heavy (non-hydrogen) atoms. The van der Waals surface area contributed by atoms with Crippen LogP contribution in [0.3, 0.4) is 0 Å². The van der Waals surface area contributed by atoms with Gasteiger partial charge in [-0.1, -0.05) is 82.4 Å². The molecule has 0 saturated heterocycles. The summed E-state index contributed by atoms with van der Waals surface area (Å²) in [5.74, 6) is 0.828. The maximum atomic E-state index is 5.15. The van der Waals surface area contributed by atoms with Crippen LogP contribution in [0, 0.1) is 11.8 Å². The zero-order valence-electron chi connectivity index (χ0n) is 19.3. The highest BCUT2D eigenvalue weighted by Crippen LogP contribution is 2.32. The Labute approximate surface area is 182 Å². The minimum Gasteiger partial charge on any atom is -0.276 e. The van der Waals surface area contributed by atoms with Crippen molar-refractivity contribution in [2.24, 2.45) is 21.8 Å². The topological polar surface area (TPSA) is 37.6 Å². The fourth-order valence-electron chi connectivity index (χ4n) is 4.11. The van der Waals surface area contributed by atoms with Crippen LogP contribution in [0.25, 0.3) is 0 Å². The van der Waals surface area contributed by atoms with Gasteiger partial charge < -0.3 is 0 Å². The van der Waals surface area contributed by atoms with E-state index in [1.54, 1.807) is 0 Å². The van der Waals surface area contributed by atoms with Crippen LogP contribution in [-0.2, 0) is 0 Å². The molecule has 1 aromatic rings. The summed E-state index contributed by atoms with van der Waals surface area (Å²) in [4.78, 5) is 15.2. The molecule has 3 rings (SSSR count). The number of allylic oxidation sites excluding steroid dienone is 4. The Morgan fingerprint density at radius 3 is 1.53 bits per heavy atom. The number of aliphatic imine (C=N–C) groups is 2. The average molecular weight is 402 g/mol. The van der Waals surface area contributed by atoms with Crippen LogP contribution in [0.1, 0.15) is 65.8 Å². The molecule has 158 valence electrons. The summed E-state index contributed by atoms with van der Waals surface area (Å²) in [6.07, 6.45) is 19.1. The lowest BCUT2D eigenvalue weighted by molar-refractivity contribution is 0.389. The van der Waals surface area contributed by atoms with Crippen molar-refractivity contribution in [1.82, 2.24) is 4.98 Å². The summed E-state index contributed by atoms with van der Waals surface area (Å²) in [6, 6.07) is 6.16. The second-order valence-corrected chi connectivity index (χ2v) is 9.08. The minimum atomic E-state index is -0.194. The van der Waals surface area contributed by atoms with Crippen molar-refractivity contribution in [2.75, 3.05) is 0 Å². The third kappa shape index (κ3) is 4.61. The number of hydrogen-bond donors (Lipinski definition) is 0. The summed E-state index contributed by atoms with van der Waals surface area (Å²) in [5.41, 5.74) is 3.39. The van der Waals surface area contributed by atoms with Crippen LogP contribution < -0.4 is 0 Å². The highest BCUT2D eigenvalue weighted by atomic mass is 14.9. The SMILES string of the molecule is CC(=NC1(C(C)C)C=CC=CC1)c1cccc(C(C)=NC2(C(C)C)C=CC=CC2)n1. The van der Waals surface area contributed by atoms with Gasteiger partial charge in [-0.05, 0) is 50.7 Å². The van der Waals surface area contributed by atoms with E-state index in [2.05, 4.69) is 96.2 Å². The third-order valence-electron chi connectivity index (χ3n) is 6.40. The highest BCUT2D eigenvalue weighted by Gasteiger charge is 2.31. The van der Waals surface area contributed by atoms with Gasteiger partial charge in [0.15, 0.2) is 0 Å². The number of nitrogens with zero attached hydrogens (tertiary/aromatic N) is 3. The van der Waals surface area contributed by atoms with Gasteiger partial charge in [-0.25, -0.2) is 4.98 Å². The van der Waals surface area contributed by atoms with E-state index < -0.39 is 0 Å². The lowest BCUT2D eigenvalue weighted by Crippen LogP contribution is -2.33. The third-order valence-corrected chi connectivity index (χ3v) is 6.40. The predicted octanol–water partition coefficient (Wildman–Crippen LogP) is 6.52. The van der Waals surface area contributed by atoms with Gasteiger partial charge >= 0.3 is 0 Å². The molecule has 1 aromatic heterocycles. The van der Waals surface area contributed by atoms with Gasteiger partial charge in [-0.2, -0.15) is 0 Å². The lowest BCUT2D eigenvalue weighted by Gasteiger charge is -2.32. The maximum absolute atomic E-state index is 5.15. The molecule has 3 heteroatoms. The summed E-state index contributed by atoms with van der Waals surface area (Å²) in [6.45, 7) is 13.1. The van der Waals surface area contributed by atoms with Crippen molar-refractivity contribution in [2.45, 2.75) is 65.5 Å². The maximum Gasteiger partial charge on any atom is 0.0851 e. The monoisotopic (exact) mass is 401 g/mol. The van der Waals surface area contributed by atoms with Crippen molar-refractivity contribution in [3.63, 3.8) is 0 Å². The molecule has 0 amide bonds. The summed E-state index contributed by atoms with van der Waals surface area (Å²) < 4.78 is 0. The van der Waals surface area contributed by atoms with E-state index >= 15 is 0 Å². The van der Waals surface area contributed by atoms with E-state index in [9.17, 15) is 0 Å². The second-order valence-electron chi connectivity index (χ2n) is 9.08. The van der Waals surface area contributed by atoms with Crippen molar-refractivity contribution in [1.29, 1.82) is 0 Å². The Morgan fingerprint density at radius 1 is 0.767 bits per heavy atom. The first-order valence-electron chi connectivity index (χ1n) is 11.1. The van der Waals surface area contributed by atoms with Crippen LogP contribution in [0.4, 0.5) is 0 Å². The normalized spacial score (nSPS) is 26.8. The van der Waals surface area contributed by atoms with E-state index in [0.29, 0.717) is 11.8 Å². The number of aromatic nitrogens is 1. The first kappa shape index (κ1) is 22.1. The summed E-state index contributed by atoms with van der Waals surface area (Å²) in [7, 11) is 0. The molecule has 0 fully saturated rings. The molecule has 2 aliphatic carbocycles. The van der Waals surface area contributed by atoms with E-state index in [1.165, 1.54) is 0 Å². The molecule has 2 aliphatic rings. The molecule has 2 unspecified atom stereocenters. The summed E-state index contributed by atoms with van der Waals surface area (Å²) in [5, 5.41) is 0. The zero-order valence-corrected chi connectivity index (χ0v) is 19.3. The Kier molecular flexibility index (Phi) is 6.70. The van der Waals surface area contributed by atoms with Crippen LogP contribution in [-0.4, -0.2) is 27.5 Å². The molecular weight excluding hydrogens is 366 g/mol. The smallest absolute Gasteiger partial charge is 0.0851 e. The summed E-state index contributed by atoms with van der Waals surface area (Å²) >= 11 is 0. The van der Waals surface area contributed by atoms with E-state index in [4.69, 9.17) is 15.0 Å². The van der Waals surface area contributed by atoms with Crippen molar-refractivity contribution < 1.29 is 0 Å². The van der Waals surface area contributed by atoms with Gasteiger partial charge in [0.25, 0.3) is 0 Å². The van der Waals surface area contributed by atoms with Crippen molar-refractivity contribution >= 4 is 11.4 Å². The Balaban J connectivity index is 1.94. The van der Waals surface area contributed by atoms with Crippen molar-refractivity contribution in [3.8, 4) is 0 Å². The largest absolute Gasteiger partial charge is 0.276 e. The van der Waals surface area contributed by atoms with Gasteiger partial charge in [-0.15, -0.1) is 0 Å². The molecule has 3 nitrogen and oxygen atoms in total. The average Bonchev–Trinajstić information content (AvgIpc) is 2.75. The fourth-order valence-corrected chi connectivity index (χ4v) is 4.11. The van der Waals surface area contributed by atoms with Crippen LogP contribution in [0.15, 0.2) is 76.8 Å². The Hall–Kier alpha value is -2.55. The molecule has 0 radical (unpaired) electrons. The van der Waals surface area contributed by atoms with E-state index in [-0.39, 0.29) is 11.1 Å². The molecule has 1 heterocycles. The highest BCUT2D eigenvalue weighted by molar-refractivity contribution is 6.01. The molecule has 0 bridgehead atoms. The fraction of sp³-hybridized carbons (Fsp3) is 0.444. The van der Waals surface area contributed by atoms with Gasteiger partial charge in [0.2, 0.25) is 0 Å². The van der Waals surface area contributed by atoms with Gasteiger partial charge in [0.05, 0.1) is 33.9 Å². The van der Waals surface area contributed by atoms with Gasteiger partial charge in [-0.3, -0.25) is 9.98 Å². The molecule has 0 aliphatic heterocycles. The molecule has 2 atom stereocenters. The van der Waals surface area contributed by atoms with Gasteiger partial charge in [0, 0.05) is 0 Å². The number of hydrogen-bond acceptors (Lipinski definition) is 3. The zero-order chi connectivity index (χ0) is 21.8. The molecule has 0 saturated carbocycles. The van der Waals surface area contributed by atoms with Crippen molar-refractivity contribution in [3.05, 3.63) is 78.2 Å². The van der Waals surface area contributed by atoms with E-state index in [0.717, 1.165) is 35.7 Å². The quantitative estimate of drug-likeness (QED) is 0.500. The standard InChI is InChI=1S/C27H35N3/c1-20(2)26(16-9-7-10-17-26)29-22(5)24-14-13-15-25(28-24)23(6)30-27(21(3)4)18-11-8-12-19-27/h7-16,18,20-21H,17,19H2,1-6H3. The molecule has 0 aromatic carbocycles.